The van der Waals surface area contributed by atoms with Crippen LogP contribution in [0.3, 0.4) is 0 Å². The number of hydrogen-bond donors (Lipinski definition) is 0. The molecule has 1 saturated heterocycles. The van der Waals surface area contributed by atoms with E-state index in [1.54, 1.807) is 7.11 Å². The van der Waals surface area contributed by atoms with Crippen molar-refractivity contribution in [3.63, 3.8) is 0 Å². The molecule has 1 fully saturated rings. The van der Waals surface area contributed by atoms with Crippen LogP contribution in [0.1, 0.15) is 29.7 Å². The lowest BCUT2D eigenvalue weighted by atomic mass is 10.1. The van der Waals surface area contributed by atoms with Crippen LogP contribution < -0.4 is 4.74 Å². The number of aryl methyl sites for hydroxylation is 1. The highest BCUT2D eigenvalue weighted by molar-refractivity contribution is 7.99. The SMILES string of the molecule is COc1c(C)cnc(CSC2CCOCC2)c1C. The van der Waals surface area contributed by atoms with E-state index in [1.165, 1.54) is 5.56 Å². The van der Waals surface area contributed by atoms with Crippen molar-refractivity contribution in [1.29, 1.82) is 0 Å². The molecule has 2 heterocycles. The van der Waals surface area contributed by atoms with Gasteiger partial charge in [0, 0.05) is 41.5 Å². The maximum absolute atomic E-state index is 5.44. The lowest BCUT2D eigenvalue weighted by molar-refractivity contribution is 0.1000. The normalized spacial score (nSPS) is 16.8. The predicted molar refractivity (Wildman–Crippen MR) is 75.4 cm³/mol. The number of nitrogens with zero attached hydrogens (tertiary/aromatic N) is 1. The van der Waals surface area contributed by atoms with E-state index in [0.717, 1.165) is 48.8 Å². The molecule has 0 saturated carbocycles. The van der Waals surface area contributed by atoms with Crippen molar-refractivity contribution in [2.75, 3.05) is 20.3 Å². The third-order valence-corrected chi connectivity index (χ3v) is 4.76. The van der Waals surface area contributed by atoms with Gasteiger partial charge in [-0.3, -0.25) is 4.98 Å². The van der Waals surface area contributed by atoms with Gasteiger partial charge in [0.15, 0.2) is 0 Å². The van der Waals surface area contributed by atoms with Crippen molar-refractivity contribution >= 4 is 11.8 Å². The molecule has 4 heteroatoms. The molecular formula is C14H21NO2S. The summed E-state index contributed by atoms with van der Waals surface area (Å²) in [6, 6.07) is 0. The van der Waals surface area contributed by atoms with Crippen LogP contribution in [0.2, 0.25) is 0 Å². The average Bonchev–Trinajstić information content (AvgIpc) is 2.40. The van der Waals surface area contributed by atoms with Crippen LogP contribution in [0.4, 0.5) is 0 Å². The molecule has 18 heavy (non-hydrogen) atoms. The smallest absolute Gasteiger partial charge is 0.128 e. The summed E-state index contributed by atoms with van der Waals surface area (Å²) in [5.41, 5.74) is 3.43. The van der Waals surface area contributed by atoms with Crippen molar-refractivity contribution < 1.29 is 9.47 Å². The monoisotopic (exact) mass is 267 g/mol. The first kappa shape index (κ1) is 13.7. The molecule has 0 unspecified atom stereocenters. The second kappa shape index (κ2) is 6.43. The van der Waals surface area contributed by atoms with Gasteiger partial charge in [-0.2, -0.15) is 11.8 Å². The summed E-state index contributed by atoms with van der Waals surface area (Å²) in [7, 11) is 1.73. The molecule has 0 bridgehead atoms. The third-order valence-electron chi connectivity index (χ3n) is 3.37. The van der Waals surface area contributed by atoms with E-state index < -0.39 is 0 Å². The van der Waals surface area contributed by atoms with E-state index >= 15 is 0 Å². The van der Waals surface area contributed by atoms with Gasteiger partial charge in [-0.1, -0.05) is 0 Å². The summed E-state index contributed by atoms with van der Waals surface area (Å²) in [5.74, 6) is 1.94. The van der Waals surface area contributed by atoms with Gasteiger partial charge in [0.25, 0.3) is 0 Å². The lowest BCUT2D eigenvalue weighted by Crippen LogP contribution is -2.17. The van der Waals surface area contributed by atoms with Gasteiger partial charge in [-0.25, -0.2) is 0 Å². The van der Waals surface area contributed by atoms with E-state index in [-0.39, 0.29) is 0 Å². The Balaban J connectivity index is 2.00. The Kier molecular flexibility index (Phi) is 4.89. The molecule has 0 aromatic carbocycles. The van der Waals surface area contributed by atoms with Crippen LogP contribution in [0, 0.1) is 13.8 Å². The first-order valence-corrected chi connectivity index (χ1v) is 7.45. The zero-order valence-electron chi connectivity index (χ0n) is 11.4. The Bertz CT molecular complexity index is 403. The lowest BCUT2D eigenvalue weighted by Gasteiger charge is -2.21. The number of ether oxygens (including phenoxy) is 2. The summed E-state index contributed by atoms with van der Waals surface area (Å²) >= 11 is 1.99. The van der Waals surface area contributed by atoms with Crippen LogP contribution in [0.25, 0.3) is 0 Å². The van der Waals surface area contributed by atoms with Gasteiger partial charge >= 0.3 is 0 Å². The number of pyridine rings is 1. The fourth-order valence-electron chi connectivity index (χ4n) is 2.26. The molecule has 0 atom stereocenters. The summed E-state index contributed by atoms with van der Waals surface area (Å²) < 4.78 is 10.8. The molecule has 1 aliphatic rings. The topological polar surface area (TPSA) is 31.4 Å². The van der Waals surface area contributed by atoms with Gasteiger partial charge in [0.1, 0.15) is 5.75 Å². The van der Waals surface area contributed by atoms with Crippen LogP contribution >= 0.6 is 11.8 Å². The minimum Gasteiger partial charge on any atom is -0.496 e. The summed E-state index contributed by atoms with van der Waals surface area (Å²) in [6.45, 7) is 5.94. The first-order valence-electron chi connectivity index (χ1n) is 6.40. The highest BCUT2D eigenvalue weighted by Gasteiger charge is 2.16. The number of methoxy groups -OCH3 is 1. The fraction of sp³-hybridized carbons (Fsp3) is 0.643. The zero-order chi connectivity index (χ0) is 13.0. The number of thioether (sulfide) groups is 1. The molecule has 0 N–H and O–H groups in total. The standard InChI is InChI=1S/C14H21NO2S/c1-10-8-15-13(11(2)14(10)16-3)9-18-12-4-6-17-7-5-12/h8,12H,4-7,9H2,1-3H3. The number of aromatic nitrogens is 1. The van der Waals surface area contributed by atoms with Crippen LogP contribution in [0.15, 0.2) is 6.20 Å². The second-order valence-electron chi connectivity index (χ2n) is 4.67. The third kappa shape index (κ3) is 3.18. The molecule has 0 radical (unpaired) electrons. The molecule has 2 rings (SSSR count). The fourth-order valence-corrected chi connectivity index (χ4v) is 3.47. The Labute approximate surface area is 113 Å². The molecule has 100 valence electrons. The van der Waals surface area contributed by atoms with E-state index in [1.807, 2.05) is 24.9 Å². The summed E-state index contributed by atoms with van der Waals surface area (Å²) in [5, 5.41) is 0.715. The van der Waals surface area contributed by atoms with Gasteiger partial charge in [0.2, 0.25) is 0 Å². The van der Waals surface area contributed by atoms with Gasteiger partial charge in [-0.05, 0) is 26.7 Å². The minimum atomic E-state index is 0.715. The average molecular weight is 267 g/mol. The second-order valence-corrected chi connectivity index (χ2v) is 5.96. The van der Waals surface area contributed by atoms with Gasteiger partial charge < -0.3 is 9.47 Å². The number of hydrogen-bond acceptors (Lipinski definition) is 4. The molecular weight excluding hydrogens is 246 g/mol. The Hall–Kier alpha value is -0.740. The van der Waals surface area contributed by atoms with E-state index in [0.29, 0.717) is 5.25 Å². The predicted octanol–water partition coefficient (Wildman–Crippen LogP) is 3.12. The highest BCUT2D eigenvalue weighted by atomic mass is 32.2. The van der Waals surface area contributed by atoms with Crippen molar-refractivity contribution in [2.45, 2.75) is 37.7 Å². The Morgan fingerprint density at radius 2 is 2.11 bits per heavy atom. The molecule has 1 aliphatic heterocycles. The van der Waals surface area contributed by atoms with Crippen molar-refractivity contribution in [2.24, 2.45) is 0 Å². The van der Waals surface area contributed by atoms with Crippen LogP contribution in [-0.4, -0.2) is 30.6 Å². The molecule has 0 amide bonds. The van der Waals surface area contributed by atoms with Crippen LogP contribution in [0.5, 0.6) is 5.75 Å². The van der Waals surface area contributed by atoms with Crippen molar-refractivity contribution in [3.05, 3.63) is 23.0 Å². The van der Waals surface area contributed by atoms with Crippen molar-refractivity contribution in [1.82, 2.24) is 4.98 Å². The summed E-state index contributed by atoms with van der Waals surface area (Å²) in [6.07, 6.45) is 4.23. The molecule has 0 spiro atoms. The largest absolute Gasteiger partial charge is 0.496 e. The van der Waals surface area contributed by atoms with Crippen LogP contribution in [-0.2, 0) is 10.5 Å². The first-order chi connectivity index (χ1) is 8.72. The quantitative estimate of drug-likeness (QED) is 0.839. The van der Waals surface area contributed by atoms with E-state index in [9.17, 15) is 0 Å². The van der Waals surface area contributed by atoms with E-state index in [4.69, 9.17) is 9.47 Å². The van der Waals surface area contributed by atoms with E-state index in [2.05, 4.69) is 11.9 Å². The highest BCUT2D eigenvalue weighted by Crippen LogP contribution is 2.30. The maximum Gasteiger partial charge on any atom is 0.128 e. The minimum absolute atomic E-state index is 0.715. The molecule has 1 aromatic rings. The molecule has 1 aromatic heterocycles. The molecule has 0 aliphatic carbocycles. The van der Waals surface area contributed by atoms with Gasteiger partial charge in [0.05, 0.1) is 12.8 Å². The number of rotatable bonds is 4. The summed E-state index contributed by atoms with van der Waals surface area (Å²) in [4.78, 5) is 4.54. The maximum atomic E-state index is 5.44. The Morgan fingerprint density at radius 1 is 1.39 bits per heavy atom. The zero-order valence-corrected chi connectivity index (χ0v) is 12.2. The Morgan fingerprint density at radius 3 is 2.78 bits per heavy atom. The molecule has 3 nitrogen and oxygen atoms in total. The van der Waals surface area contributed by atoms with Gasteiger partial charge in [-0.15, -0.1) is 0 Å². The van der Waals surface area contributed by atoms with Crippen molar-refractivity contribution in [3.8, 4) is 5.75 Å².